The summed E-state index contributed by atoms with van der Waals surface area (Å²) in [7, 11) is 4.17. The molecule has 2 bridgehead atoms. The van der Waals surface area contributed by atoms with Crippen molar-refractivity contribution >= 4 is 19.1 Å². The minimum atomic E-state index is -1.01. The van der Waals surface area contributed by atoms with Gasteiger partial charge in [0.1, 0.15) is 11.6 Å². The number of carbonyl (C=O) groups is 2. The minimum absolute atomic E-state index is 0.0255. The van der Waals surface area contributed by atoms with Crippen LogP contribution in [0.25, 0.3) is 0 Å². The van der Waals surface area contributed by atoms with E-state index in [4.69, 9.17) is 28.3 Å². The highest BCUT2D eigenvalue weighted by Gasteiger charge is 2.62. The number of alkyl carbamates (subject to hydrolysis) is 1. The van der Waals surface area contributed by atoms with E-state index in [1.165, 1.54) is 27.8 Å². The number of nitrogens with one attached hydrogen (secondary N) is 3. The van der Waals surface area contributed by atoms with Gasteiger partial charge in [-0.3, -0.25) is 4.79 Å². The van der Waals surface area contributed by atoms with E-state index < -0.39 is 36.8 Å². The number of methoxy groups -OCH3 is 3. The average molecular weight is 686 g/mol. The molecule has 3 saturated carbocycles. The van der Waals surface area contributed by atoms with Crippen LogP contribution in [-0.2, 0) is 25.3 Å². The molecule has 1 saturated heterocycles. The summed E-state index contributed by atoms with van der Waals surface area (Å²) < 4.78 is 35.5. The van der Waals surface area contributed by atoms with Crippen molar-refractivity contribution in [2.24, 2.45) is 29.1 Å². The molecule has 12 heteroatoms. The van der Waals surface area contributed by atoms with Crippen LogP contribution in [0.2, 0.25) is 0 Å². The standard InChI is InChI=1S/C37H60BN3O8/c1-20(2)16-29(38-48-28-19-24-18-25(32(28)49-38)37(24,9)10)39-22(5)30(21(3)4)41-34(42)26(40-35(43)47-36(6,7)8)17-23-14-15-27(44-11)33(46-13)31(23)45-12/h14-15,20-21,24-26,28-30,32,39H,5,16-19H2,1-4,6-13H3,(H,40,43)(H,41,42)/t24-,25+,26-,28+,29-,30-,32-/m0/s1. The summed E-state index contributed by atoms with van der Waals surface area (Å²) >= 11 is 0. The van der Waals surface area contributed by atoms with Crippen molar-refractivity contribution in [3.63, 3.8) is 0 Å². The van der Waals surface area contributed by atoms with Gasteiger partial charge in [0.15, 0.2) is 11.5 Å². The summed E-state index contributed by atoms with van der Waals surface area (Å²) in [6.45, 7) is 22.8. The third-order valence-corrected chi connectivity index (χ3v) is 10.4. The van der Waals surface area contributed by atoms with E-state index >= 15 is 0 Å². The van der Waals surface area contributed by atoms with E-state index in [1.807, 2.05) is 13.8 Å². The molecule has 1 aliphatic heterocycles. The molecule has 0 aromatic heterocycles. The Balaban J connectivity index is 1.54. The van der Waals surface area contributed by atoms with E-state index in [0.717, 1.165) is 12.8 Å². The highest BCUT2D eigenvalue weighted by Crippen LogP contribution is 2.61. The number of amides is 2. The monoisotopic (exact) mass is 685 g/mol. The summed E-state index contributed by atoms with van der Waals surface area (Å²) in [5.41, 5.74) is 0.820. The van der Waals surface area contributed by atoms with Crippen LogP contribution in [0.15, 0.2) is 24.4 Å². The fraction of sp³-hybridized carbons (Fsp3) is 0.730. The fourth-order valence-corrected chi connectivity index (χ4v) is 7.74. The number of hydrogen-bond acceptors (Lipinski definition) is 9. The summed E-state index contributed by atoms with van der Waals surface area (Å²) in [6.07, 6.45) is 2.64. The third kappa shape index (κ3) is 8.79. The molecule has 1 aromatic carbocycles. The molecule has 11 nitrogen and oxygen atoms in total. The Bertz CT molecular complexity index is 1350. The summed E-state index contributed by atoms with van der Waals surface area (Å²) in [4.78, 5) is 27.2. The maximum absolute atomic E-state index is 14.1. The molecule has 0 radical (unpaired) electrons. The molecule has 3 aliphatic carbocycles. The van der Waals surface area contributed by atoms with Crippen molar-refractivity contribution in [3.05, 3.63) is 30.0 Å². The number of carbonyl (C=O) groups excluding carboxylic acids is 2. The normalized spacial score (nSPS) is 24.2. The van der Waals surface area contributed by atoms with Gasteiger partial charge in [-0.15, -0.1) is 0 Å². The molecular formula is C37H60BN3O8. The molecule has 0 spiro atoms. The SMILES string of the molecule is C=C(N[C@@H](CC(C)C)B1O[C@H]2[C@H]3C[C@@H](C[C@H]2O1)C3(C)C)[C@@H](NC(=O)[C@H](Cc1ccc(OC)c(OC)c1OC)NC(=O)OC(C)(C)C)C(C)C. The predicted octanol–water partition coefficient (Wildman–Crippen LogP) is 5.68. The number of hydrogen-bond donors (Lipinski definition) is 3. The summed E-state index contributed by atoms with van der Waals surface area (Å²) in [5, 5.41) is 9.57. The second kappa shape index (κ2) is 15.4. The largest absolute Gasteiger partial charge is 0.493 e. The number of rotatable bonds is 15. The van der Waals surface area contributed by atoms with Gasteiger partial charge in [-0.25, -0.2) is 4.79 Å². The Labute approximate surface area is 294 Å². The molecular weight excluding hydrogens is 625 g/mol. The summed E-state index contributed by atoms with van der Waals surface area (Å²) in [5.74, 6) is 2.27. The van der Waals surface area contributed by atoms with Crippen molar-refractivity contribution in [2.75, 3.05) is 21.3 Å². The molecule has 49 heavy (non-hydrogen) atoms. The Hall–Kier alpha value is -3.12. The highest BCUT2D eigenvalue weighted by molar-refractivity contribution is 6.47. The number of benzene rings is 1. The van der Waals surface area contributed by atoms with Crippen LogP contribution in [-0.4, -0.2) is 76.3 Å². The average Bonchev–Trinajstić information content (AvgIpc) is 3.45. The lowest BCUT2D eigenvalue weighted by atomic mass is 9.47. The van der Waals surface area contributed by atoms with Gasteiger partial charge in [-0.05, 0) is 75.2 Å². The maximum Gasteiger partial charge on any atom is 0.481 e. The molecule has 7 atom stereocenters. The highest BCUT2D eigenvalue weighted by atomic mass is 16.7. The molecule has 274 valence electrons. The van der Waals surface area contributed by atoms with Crippen LogP contribution in [0.3, 0.4) is 0 Å². The molecule has 2 amide bonds. The number of ether oxygens (including phenoxy) is 4. The van der Waals surface area contributed by atoms with Gasteiger partial charge in [-0.1, -0.05) is 54.2 Å². The first-order valence-corrected chi connectivity index (χ1v) is 17.7. The van der Waals surface area contributed by atoms with E-state index in [9.17, 15) is 9.59 Å². The van der Waals surface area contributed by atoms with Crippen molar-refractivity contribution in [3.8, 4) is 17.2 Å². The van der Waals surface area contributed by atoms with Crippen LogP contribution in [0.1, 0.15) is 87.1 Å². The Morgan fingerprint density at radius 1 is 0.980 bits per heavy atom. The lowest BCUT2D eigenvalue weighted by Crippen LogP contribution is -2.59. The van der Waals surface area contributed by atoms with E-state index in [2.05, 4.69) is 50.2 Å². The first kappa shape index (κ1) is 38.7. The molecule has 1 heterocycles. The lowest BCUT2D eigenvalue weighted by molar-refractivity contribution is -0.150. The van der Waals surface area contributed by atoms with Crippen LogP contribution in [0.5, 0.6) is 17.2 Å². The first-order valence-electron chi connectivity index (χ1n) is 17.7. The van der Waals surface area contributed by atoms with Gasteiger partial charge in [-0.2, -0.15) is 0 Å². The maximum atomic E-state index is 14.1. The van der Waals surface area contributed by atoms with Crippen LogP contribution in [0.4, 0.5) is 4.79 Å². The van der Waals surface area contributed by atoms with Gasteiger partial charge in [0.25, 0.3) is 0 Å². The van der Waals surface area contributed by atoms with E-state index in [-0.39, 0.29) is 35.9 Å². The minimum Gasteiger partial charge on any atom is -0.493 e. The van der Waals surface area contributed by atoms with Gasteiger partial charge in [0.05, 0.1) is 45.5 Å². The zero-order valence-electron chi connectivity index (χ0n) is 31.7. The molecule has 4 fully saturated rings. The fourth-order valence-electron chi connectivity index (χ4n) is 7.74. The molecule has 3 N–H and O–H groups in total. The molecule has 1 aromatic rings. The van der Waals surface area contributed by atoms with Gasteiger partial charge < -0.3 is 44.2 Å². The quantitative estimate of drug-likeness (QED) is 0.200. The van der Waals surface area contributed by atoms with Crippen LogP contribution in [0, 0.1) is 29.1 Å². The zero-order chi connectivity index (χ0) is 36.4. The second-order valence-corrected chi connectivity index (χ2v) is 16.3. The van der Waals surface area contributed by atoms with Crippen molar-refractivity contribution < 1.29 is 37.8 Å². The van der Waals surface area contributed by atoms with Gasteiger partial charge in [0.2, 0.25) is 11.7 Å². The Morgan fingerprint density at radius 3 is 2.20 bits per heavy atom. The van der Waals surface area contributed by atoms with Gasteiger partial charge in [0, 0.05) is 17.7 Å². The van der Waals surface area contributed by atoms with Gasteiger partial charge >= 0.3 is 13.2 Å². The Morgan fingerprint density at radius 2 is 1.65 bits per heavy atom. The molecule has 4 aliphatic rings. The predicted molar refractivity (Wildman–Crippen MR) is 191 cm³/mol. The second-order valence-electron chi connectivity index (χ2n) is 16.3. The Kier molecular flexibility index (Phi) is 12.2. The molecule has 5 rings (SSSR count). The van der Waals surface area contributed by atoms with E-state index in [0.29, 0.717) is 46.3 Å². The third-order valence-electron chi connectivity index (χ3n) is 10.4. The smallest absolute Gasteiger partial charge is 0.481 e. The topological polar surface area (TPSA) is 126 Å². The lowest BCUT2D eigenvalue weighted by Gasteiger charge is -2.60. The first-order chi connectivity index (χ1) is 22.9. The summed E-state index contributed by atoms with van der Waals surface area (Å²) in [6, 6.07) is 2.05. The zero-order valence-corrected chi connectivity index (χ0v) is 31.7. The van der Waals surface area contributed by atoms with Crippen molar-refractivity contribution in [1.29, 1.82) is 0 Å². The van der Waals surface area contributed by atoms with Crippen LogP contribution >= 0.6 is 0 Å². The molecule has 0 unspecified atom stereocenters. The van der Waals surface area contributed by atoms with E-state index in [1.54, 1.807) is 32.9 Å². The van der Waals surface area contributed by atoms with Crippen LogP contribution < -0.4 is 30.2 Å². The van der Waals surface area contributed by atoms with Crippen molar-refractivity contribution in [2.45, 2.75) is 124 Å². The van der Waals surface area contributed by atoms with Crippen molar-refractivity contribution in [1.82, 2.24) is 16.0 Å².